The molecule has 0 amide bonds. The topological polar surface area (TPSA) is 40.5 Å². The van der Waals surface area contributed by atoms with Gasteiger partial charge in [-0.05, 0) is 30.9 Å². The number of aryl methyl sites for hydroxylation is 1. The molecule has 1 rings (SSSR count). The zero-order valence-electron chi connectivity index (χ0n) is 8.29. The first kappa shape index (κ1) is 11.8. The van der Waals surface area contributed by atoms with Gasteiger partial charge in [-0.2, -0.15) is 0 Å². The number of phenols is 2. The number of aromatic hydroxyl groups is 2. The van der Waals surface area contributed by atoms with Gasteiger partial charge in [-0.25, -0.2) is 8.78 Å². The first-order valence-electron chi connectivity index (χ1n) is 4.89. The second-order valence-corrected chi connectivity index (χ2v) is 3.42. The second-order valence-electron chi connectivity index (χ2n) is 3.42. The minimum atomic E-state index is -2.26. The molecule has 2 nitrogen and oxygen atoms in total. The number of unbranched alkanes of at least 4 members (excludes halogenated alkanes) is 1. The van der Waals surface area contributed by atoms with Gasteiger partial charge >= 0.3 is 0 Å². The Kier molecular flexibility index (Phi) is 4.34. The quantitative estimate of drug-likeness (QED) is 0.586. The lowest BCUT2D eigenvalue weighted by atomic mass is 10.1. The van der Waals surface area contributed by atoms with Crippen molar-refractivity contribution in [3.63, 3.8) is 0 Å². The van der Waals surface area contributed by atoms with E-state index in [9.17, 15) is 19.0 Å². The smallest absolute Gasteiger partial charge is 0.238 e. The molecule has 15 heavy (non-hydrogen) atoms. The Balaban J connectivity index is 2.41. The molecule has 0 saturated carbocycles. The van der Waals surface area contributed by atoms with Gasteiger partial charge in [0.05, 0.1) is 0 Å². The highest BCUT2D eigenvalue weighted by Crippen LogP contribution is 2.29. The van der Waals surface area contributed by atoms with Crippen LogP contribution < -0.4 is 0 Å². The third kappa shape index (κ3) is 3.73. The van der Waals surface area contributed by atoms with Gasteiger partial charge in [-0.3, -0.25) is 0 Å². The van der Waals surface area contributed by atoms with Gasteiger partial charge in [0.15, 0.2) is 11.5 Å². The number of phenolic OH excluding ortho intramolecular Hbond substituents is 2. The van der Waals surface area contributed by atoms with Crippen LogP contribution in [0.2, 0.25) is 0 Å². The minimum absolute atomic E-state index is 0.112. The molecule has 0 aliphatic rings. The lowest BCUT2D eigenvalue weighted by molar-refractivity contribution is 0.134. The van der Waals surface area contributed by atoms with E-state index in [1.807, 2.05) is 0 Å². The monoisotopic (exact) mass is 216 g/mol. The van der Waals surface area contributed by atoms with Gasteiger partial charge in [0.2, 0.25) is 6.43 Å². The van der Waals surface area contributed by atoms with Gasteiger partial charge in [-0.1, -0.05) is 12.1 Å². The molecule has 84 valence electrons. The molecule has 0 radical (unpaired) electrons. The molecule has 0 saturated heterocycles. The van der Waals surface area contributed by atoms with Crippen LogP contribution >= 0.6 is 0 Å². The van der Waals surface area contributed by atoms with Gasteiger partial charge in [0.1, 0.15) is 0 Å². The van der Waals surface area contributed by atoms with E-state index in [0.717, 1.165) is 0 Å². The summed E-state index contributed by atoms with van der Waals surface area (Å²) in [7, 11) is 0. The summed E-state index contributed by atoms with van der Waals surface area (Å²) in [4.78, 5) is 0. The highest BCUT2D eigenvalue weighted by Gasteiger charge is 2.06. The summed E-state index contributed by atoms with van der Waals surface area (Å²) < 4.78 is 23.6. The van der Waals surface area contributed by atoms with E-state index in [4.69, 9.17) is 0 Å². The molecule has 0 unspecified atom stereocenters. The predicted molar refractivity (Wildman–Crippen MR) is 53.3 cm³/mol. The predicted octanol–water partition coefficient (Wildman–Crippen LogP) is 3.08. The molecule has 4 heteroatoms. The Labute approximate surface area is 87.2 Å². The fourth-order valence-electron chi connectivity index (χ4n) is 1.39. The zero-order chi connectivity index (χ0) is 11.3. The molecule has 1 aromatic rings. The van der Waals surface area contributed by atoms with Crippen molar-refractivity contribution in [1.82, 2.24) is 0 Å². The average Bonchev–Trinajstić information content (AvgIpc) is 2.18. The number of halogens is 2. The summed E-state index contributed by atoms with van der Waals surface area (Å²) in [6.45, 7) is 0. The fourth-order valence-corrected chi connectivity index (χ4v) is 1.39. The summed E-state index contributed by atoms with van der Waals surface area (Å²) in [5, 5.41) is 18.6. The molecule has 0 fully saturated rings. The van der Waals surface area contributed by atoms with Crippen LogP contribution in [-0.2, 0) is 6.42 Å². The molecule has 0 aliphatic carbocycles. The van der Waals surface area contributed by atoms with Crippen molar-refractivity contribution < 1.29 is 19.0 Å². The molecule has 1 aromatic carbocycles. The number of hydrogen-bond acceptors (Lipinski definition) is 2. The van der Waals surface area contributed by atoms with E-state index in [2.05, 4.69) is 0 Å². The first-order valence-corrected chi connectivity index (χ1v) is 4.89. The van der Waals surface area contributed by atoms with Crippen LogP contribution in [0.5, 0.6) is 11.5 Å². The maximum absolute atomic E-state index is 11.8. The van der Waals surface area contributed by atoms with E-state index >= 15 is 0 Å². The molecule has 0 aliphatic heterocycles. The summed E-state index contributed by atoms with van der Waals surface area (Å²) in [6, 6.07) is 4.69. The molecule has 0 spiro atoms. The van der Waals surface area contributed by atoms with E-state index in [1.165, 1.54) is 6.07 Å². The van der Waals surface area contributed by atoms with Crippen molar-refractivity contribution in [1.29, 1.82) is 0 Å². The molecule has 0 aromatic heterocycles. The maximum atomic E-state index is 11.8. The summed E-state index contributed by atoms with van der Waals surface area (Å²) in [6.07, 6.45) is -0.858. The van der Waals surface area contributed by atoms with Crippen molar-refractivity contribution in [3.8, 4) is 11.5 Å². The van der Waals surface area contributed by atoms with E-state index < -0.39 is 6.43 Å². The number of hydrogen-bond donors (Lipinski definition) is 2. The fraction of sp³-hybridized carbons (Fsp3) is 0.455. The molecule has 0 heterocycles. The highest BCUT2D eigenvalue weighted by atomic mass is 19.3. The van der Waals surface area contributed by atoms with Gasteiger partial charge in [-0.15, -0.1) is 0 Å². The van der Waals surface area contributed by atoms with Crippen LogP contribution in [0.4, 0.5) is 8.78 Å². The Morgan fingerprint density at radius 1 is 1.13 bits per heavy atom. The van der Waals surface area contributed by atoms with E-state index in [0.29, 0.717) is 24.8 Å². The Morgan fingerprint density at radius 3 is 2.53 bits per heavy atom. The van der Waals surface area contributed by atoms with Crippen molar-refractivity contribution in [2.75, 3.05) is 0 Å². The SMILES string of the molecule is Oc1cccc(CCCCC(F)F)c1O. The van der Waals surface area contributed by atoms with Crippen molar-refractivity contribution in [2.45, 2.75) is 32.1 Å². The lowest BCUT2D eigenvalue weighted by Crippen LogP contribution is -1.92. The van der Waals surface area contributed by atoms with Crippen LogP contribution in [0.1, 0.15) is 24.8 Å². The van der Waals surface area contributed by atoms with Crippen LogP contribution in [0, 0.1) is 0 Å². The lowest BCUT2D eigenvalue weighted by Gasteiger charge is -2.05. The number of alkyl halides is 2. The van der Waals surface area contributed by atoms with E-state index in [-0.39, 0.29) is 17.9 Å². The zero-order valence-corrected chi connectivity index (χ0v) is 8.29. The molecular weight excluding hydrogens is 202 g/mol. The minimum Gasteiger partial charge on any atom is -0.504 e. The Hall–Kier alpha value is -1.32. The van der Waals surface area contributed by atoms with Crippen molar-refractivity contribution in [3.05, 3.63) is 23.8 Å². The van der Waals surface area contributed by atoms with Crippen LogP contribution in [0.25, 0.3) is 0 Å². The third-order valence-electron chi connectivity index (χ3n) is 2.22. The molecule has 0 bridgehead atoms. The standard InChI is InChI=1S/C11H14F2O2/c12-10(13)7-2-1-4-8-5-3-6-9(14)11(8)15/h3,5-6,10,14-15H,1-2,4,7H2. The molecule has 0 atom stereocenters. The van der Waals surface area contributed by atoms with Crippen LogP contribution in [0.3, 0.4) is 0 Å². The van der Waals surface area contributed by atoms with Crippen molar-refractivity contribution in [2.24, 2.45) is 0 Å². The van der Waals surface area contributed by atoms with Crippen LogP contribution in [0.15, 0.2) is 18.2 Å². The normalized spacial score (nSPS) is 10.9. The van der Waals surface area contributed by atoms with E-state index in [1.54, 1.807) is 12.1 Å². The Bertz CT molecular complexity index is 313. The number of rotatable bonds is 5. The summed E-state index contributed by atoms with van der Waals surface area (Å²) >= 11 is 0. The average molecular weight is 216 g/mol. The summed E-state index contributed by atoms with van der Waals surface area (Å²) in [5.41, 5.74) is 0.601. The van der Waals surface area contributed by atoms with Crippen LogP contribution in [-0.4, -0.2) is 16.6 Å². The molecular formula is C11H14F2O2. The largest absolute Gasteiger partial charge is 0.504 e. The number of para-hydroxylation sites is 1. The Morgan fingerprint density at radius 2 is 1.87 bits per heavy atom. The third-order valence-corrected chi connectivity index (χ3v) is 2.22. The highest BCUT2D eigenvalue weighted by molar-refractivity contribution is 5.44. The van der Waals surface area contributed by atoms with Gasteiger partial charge < -0.3 is 10.2 Å². The maximum Gasteiger partial charge on any atom is 0.238 e. The second kappa shape index (κ2) is 5.53. The van der Waals surface area contributed by atoms with Gasteiger partial charge in [0, 0.05) is 6.42 Å². The first-order chi connectivity index (χ1) is 7.11. The number of benzene rings is 1. The van der Waals surface area contributed by atoms with Gasteiger partial charge in [0.25, 0.3) is 0 Å². The molecule has 2 N–H and O–H groups in total. The van der Waals surface area contributed by atoms with Crippen molar-refractivity contribution >= 4 is 0 Å². The summed E-state index contributed by atoms with van der Waals surface area (Å²) in [5.74, 6) is -0.309.